The molecule has 1 fully saturated rings. The number of carbonyl (C=O) groups excluding carboxylic acids is 2. The third-order valence-electron chi connectivity index (χ3n) is 5.04. The molecule has 1 saturated heterocycles. The molecule has 2 aromatic rings. The summed E-state index contributed by atoms with van der Waals surface area (Å²) in [4.78, 5) is 28.9. The van der Waals surface area contributed by atoms with Gasteiger partial charge in [-0.3, -0.25) is 4.79 Å². The van der Waals surface area contributed by atoms with Gasteiger partial charge in [0.1, 0.15) is 36.9 Å². The van der Waals surface area contributed by atoms with Gasteiger partial charge in [0.15, 0.2) is 5.82 Å². The van der Waals surface area contributed by atoms with Crippen LogP contribution in [0.25, 0.3) is 11.4 Å². The molecule has 2 aliphatic heterocycles. The Kier molecular flexibility index (Phi) is 5.63. The molecule has 3 heterocycles. The zero-order valence-electron chi connectivity index (χ0n) is 16.6. The molecule has 0 spiro atoms. The molecule has 1 aromatic heterocycles. The van der Waals surface area contributed by atoms with Crippen LogP contribution in [0.2, 0.25) is 0 Å². The van der Waals surface area contributed by atoms with Crippen LogP contribution < -0.4 is 20.7 Å². The van der Waals surface area contributed by atoms with Crippen molar-refractivity contribution in [1.82, 2.24) is 9.55 Å². The summed E-state index contributed by atoms with van der Waals surface area (Å²) in [5.74, 6) is 0.469. The number of alkyl halides is 2. The summed E-state index contributed by atoms with van der Waals surface area (Å²) in [7, 11) is 1.46. The first-order valence-corrected chi connectivity index (χ1v) is 9.52. The molecule has 1 aromatic carbocycles. The highest BCUT2D eigenvalue weighted by molar-refractivity contribution is 5.90. The Morgan fingerprint density at radius 1 is 1.42 bits per heavy atom. The molecular formula is C19H21F2N5O5. The van der Waals surface area contributed by atoms with Gasteiger partial charge in [-0.15, -0.1) is 0 Å². The first-order chi connectivity index (χ1) is 14.9. The van der Waals surface area contributed by atoms with E-state index in [0.29, 0.717) is 36.0 Å². The summed E-state index contributed by atoms with van der Waals surface area (Å²) >= 11 is 0. The van der Waals surface area contributed by atoms with Crippen molar-refractivity contribution < 1.29 is 32.6 Å². The zero-order valence-corrected chi connectivity index (χ0v) is 16.6. The first-order valence-electron chi connectivity index (χ1n) is 9.52. The molecule has 2 amide bonds. The van der Waals surface area contributed by atoms with Crippen LogP contribution >= 0.6 is 0 Å². The molecular weight excluding hydrogens is 416 g/mol. The molecule has 4 rings (SSSR count). The Morgan fingerprint density at radius 2 is 2.23 bits per heavy atom. The molecule has 12 heteroatoms. The van der Waals surface area contributed by atoms with Crippen molar-refractivity contribution in [2.24, 2.45) is 5.73 Å². The molecule has 2 atom stereocenters. The van der Waals surface area contributed by atoms with E-state index in [2.05, 4.69) is 10.3 Å². The van der Waals surface area contributed by atoms with E-state index in [9.17, 15) is 18.4 Å². The van der Waals surface area contributed by atoms with Crippen molar-refractivity contribution in [3.63, 3.8) is 0 Å². The van der Waals surface area contributed by atoms with Gasteiger partial charge in [0, 0.05) is 25.1 Å². The number of rotatable bonds is 7. The zero-order chi connectivity index (χ0) is 22.1. The lowest BCUT2D eigenvalue weighted by molar-refractivity contribution is -0.119. The lowest BCUT2D eigenvalue weighted by Gasteiger charge is -2.18. The molecule has 0 saturated carbocycles. The minimum Gasteiger partial charge on any atom is -0.491 e. The highest BCUT2D eigenvalue weighted by atomic mass is 19.3. The van der Waals surface area contributed by atoms with Crippen LogP contribution in [0.3, 0.4) is 0 Å². The number of anilines is 2. The van der Waals surface area contributed by atoms with Crippen molar-refractivity contribution in [1.29, 1.82) is 0 Å². The molecule has 1 unspecified atom stereocenters. The SMILES string of the molecule is COCC(Nc1ccc2c(c1)OCCn1cc(N3C(=O)OC[C@H]3C(F)F)nc1-2)C(N)=O. The standard InChI is InChI=1S/C19H21F2N5O5/c1-29-8-12(17(22)27)23-10-2-3-11-14(6-10)30-5-4-25-7-15(24-18(11)25)26-13(16(20)21)9-31-19(26)28/h2-3,6-7,12-13,16,23H,4-5,8-9H2,1H3,(H2,22,27)/t12?,13-/m0/s1. The van der Waals surface area contributed by atoms with Gasteiger partial charge in [0.25, 0.3) is 6.43 Å². The molecule has 2 aliphatic rings. The van der Waals surface area contributed by atoms with E-state index in [0.717, 1.165) is 4.90 Å². The second-order valence-corrected chi connectivity index (χ2v) is 7.08. The molecule has 31 heavy (non-hydrogen) atoms. The number of cyclic esters (lactones) is 1. The Labute approximate surface area is 175 Å². The van der Waals surface area contributed by atoms with Gasteiger partial charge >= 0.3 is 6.09 Å². The van der Waals surface area contributed by atoms with Gasteiger partial charge in [-0.1, -0.05) is 0 Å². The summed E-state index contributed by atoms with van der Waals surface area (Å²) in [6.07, 6.45) is -2.09. The van der Waals surface area contributed by atoms with Crippen LogP contribution in [-0.4, -0.2) is 67.0 Å². The average molecular weight is 437 g/mol. The van der Waals surface area contributed by atoms with Crippen LogP contribution in [0.15, 0.2) is 24.4 Å². The maximum Gasteiger partial charge on any atom is 0.416 e. The van der Waals surface area contributed by atoms with Crippen molar-refractivity contribution in [2.75, 3.05) is 37.1 Å². The Balaban J connectivity index is 1.65. The summed E-state index contributed by atoms with van der Waals surface area (Å²) in [6.45, 7) is 0.392. The van der Waals surface area contributed by atoms with Crippen molar-refractivity contribution in [3.8, 4) is 17.1 Å². The largest absolute Gasteiger partial charge is 0.491 e. The number of nitrogens with one attached hydrogen (secondary N) is 1. The lowest BCUT2D eigenvalue weighted by Crippen LogP contribution is -2.39. The van der Waals surface area contributed by atoms with E-state index >= 15 is 0 Å². The number of carbonyl (C=O) groups is 2. The maximum atomic E-state index is 13.3. The van der Waals surface area contributed by atoms with Crippen molar-refractivity contribution >= 4 is 23.5 Å². The molecule has 0 aliphatic carbocycles. The number of imidazole rings is 1. The molecule has 0 radical (unpaired) electrons. The van der Waals surface area contributed by atoms with Crippen molar-refractivity contribution in [2.45, 2.75) is 25.1 Å². The Morgan fingerprint density at radius 3 is 2.94 bits per heavy atom. The smallest absolute Gasteiger partial charge is 0.416 e. The van der Waals surface area contributed by atoms with E-state index in [1.54, 1.807) is 22.8 Å². The summed E-state index contributed by atoms with van der Waals surface area (Å²) in [5.41, 5.74) is 6.57. The Hall–Kier alpha value is -3.41. The fourth-order valence-corrected chi connectivity index (χ4v) is 3.52. The molecule has 10 nitrogen and oxygen atoms in total. The highest BCUT2D eigenvalue weighted by Gasteiger charge is 2.42. The number of halogens is 2. The van der Waals surface area contributed by atoms with Gasteiger partial charge in [-0.25, -0.2) is 23.5 Å². The average Bonchev–Trinajstić information content (AvgIpc) is 3.27. The van der Waals surface area contributed by atoms with Crippen LogP contribution in [0.4, 0.5) is 25.1 Å². The predicted octanol–water partition coefficient (Wildman–Crippen LogP) is 1.44. The van der Waals surface area contributed by atoms with E-state index < -0.39 is 37.1 Å². The number of ether oxygens (including phenoxy) is 3. The number of nitrogens with two attached hydrogens (primary N) is 1. The van der Waals surface area contributed by atoms with Crippen molar-refractivity contribution in [3.05, 3.63) is 24.4 Å². The molecule has 3 N–H and O–H groups in total. The minimum absolute atomic E-state index is 0.0896. The maximum absolute atomic E-state index is 13.3. The van der Waals surface area contributed by atoms with Gasteiger partial charge in [0.05, 0.1) is 18.7 Å². The number of fused-ring (bicyclic) bond motifs is 3. The van der Waals surface area contributed by atoms with Crippen LogP contribution in [0.5, 0.6) is 5.75 Å². The number of benzene rings is 1. The molecule has 0 bridgehead atoms. The number of primary amides is 1. The number of nitrogens with zero attached hydrogens (tertiary/aromatic N) is 3. The monoisotopic (exact) mass is 437 g/mol. The second kappa shape index (κ2) is 8.38. The number of hydrogen-bond donors (Lipinski definition) is 2. The summed E-state index contributed by atoms with van der Waals surface area (Å²) in [6, 6.07) is 3.01. The first kappa shape index (κ1) is 20.8. The third-order valence-corrected chi connectivity index (χ3v) is 5.04. The van der Waals surface area contributed by atoms with Gasteiger partial charge in [-0.05, 0) is 12.1 Å². The third kappa shape index (κ3) is 3.98. The fourth-order valence-electron chi connectivity index (χ4n) is 3.52. The van der Waals surface area contributed by atoms with E-state index in [1.807, 2.05) is 0 Å². The summed E-state index contributed by atoms with van der Waals surface area (Å²) in [5, 5.41) is 2.99. The topological polar surface area (TPSA) is 121 Å². The minimum atomic E-state index is -2.76. The van der Waals surface area contributed by atoms with E-state index in [1.165, 1.54) is 13.3 Å². The second-order valence-electron chi connectivity index (χ2n) is 7.08. The van der Waals surface area contributed by atoms with Gasteiger partial charge in [0.2, 0.25) is 5.91 Å². The van der Waals surface area contributed by atoms with Crippen LogP contribution in [-0.2, 0) is 20.8 Å². The predicted molar refractivity (Wildman–Crippen MR) is 105 cm³/mol. The Bertz CT molecular complexity index is 998. The number of hydrogen-bond acceptors (Lipinski definition) is 7. The number of amides is 2. The van der Waals surface area contributed by atoms with Gasteiger partial charge in [-0.2, -0.15) is 0 Å². The lowest BCUT2D eigenvalue weighted by atomic mass is 10.1. The van der Waals surface area contributed by atoms with Crippen LogP contribution in [0, 0.1) is 0 Å². The van der Waals surface area contributed by atoms with E-state index in [-0.39, 0.29) is 12.4 Å². The van der Waals surface area contributed by atoms with Crippen LogP contribution in [0.1, 0.15) is 0 Å². The molecule has 166 valence electrons. The number of aromatic nitrogens is 2. The normalized spacial score (nSPS) is 18.6. The quantitative estimate of drug-likeness (QED) is 0.672. The fraction of sp³-hybridized carbons (Fsp3) is 0.421. The highest BCUT2D eigenvalue weighted by Crippen LogP contribution is 2.36. The van der Waals surface area contributed by atoms with E-state index in [4.69, 9.17) is 19.9 Å². The van der Waals surface area contributed by atoms with Gasteiger partial charge < -0.3 is 29.8 Å². The summed E-state index contributed by atoms with van der Waals surface area (Å²) < 4.78 is 44.0. The number of methoxy groups -OCH3 is 1.